The number of hydrogen-bond donors (Lipinski definition) is 1. The zero-order valence-electron chi connectivity index (χ0n) is 15.6. The molecule has 25 heavy (non-hydrogen) atoms. The van der Waals surface area contributed by atoms with Gasteiger partial charge in [0.15, 0.2) is 5.16 Å². The van der Waals surface area contributed by atoms with E-state index in [1.165, 1.54) is 37.8 Å². The Labute approximate surface area is 155 Å². The van der Waals surface area contributed by atoms with Gasteiger partial charge in [-0.05, 0) is 45.4 Å². The highest BCUT2D eigenvalue weighted by Crippen LogP contribution is 2.25. The lowest BCUT2D eigenvalue weighted by Crippen LogP contribution is -2.31. The predicted molar refractivity (Wildman–Crippen MR) is 101 cm³/mol. The van der Waals surface area contributed by atoms with Crippen molar-refractivity contribution in [1.29, 1.82) is 0 Å². The zero-order valence-corrected chi connectivity index (χ0v) is 16.4. The summed E-state index contributed by atoms with van der Waals surface area (Å²) in [5.41, 5.74) is 2.23. The maximum absolute atomic E-state index is 12.2. The van der Waals surface area contributed by atoms with Crippen LogP contribution in [0.4, 0.5) is 0 Å². The van der Waals surface area contributed by atoms with E-state index >= 15 is 0 Å². The van der Waals surface area contributed by atoms with Crippen LogP contribution in [-0.2, 0) is 16.1 Å². The summed E-state index contributed by atoms with van der Waals surface area (Å²) in [6.07, 6.45) is 9.04. The van der Waals surface area contributed by atoms with Crippen LogP contribution in [0.25, 0.3) is 0 Å². The quantitative estimate of drug-likeness (QED) is 0.752. The second-order valence-electron chi connectivity index (χ2n) is 7.41. The van der Waals surface area contributed by atoms with Gasteiger partial charge in [-0.3, -0.25) is 4.79 Å². The summed E-state index contributed by atoms with van der Waals surface area (Å²) >= 11 is 1.54. The second kappa shape index (κ2) is 9.08. The van der Waals surface area contributed by atoms with E-state index in [-0.39, 0.29) is 12.0 Å². The van der Waals surface area contributed by atoms with Crippen molar-refractivity contribution in [3.63, 3.8) is 0 Å². The van der Waals surface area contributed by atoms with Gasteiger partial charge in [0.1, 0.15) is 0 Å². The molecule has 0 bridgehead atoms. The Balaban J connectivity index is 1.49. The number of amides is 1. The molecule has 1 N–H and O–H groups in total. The molecular weight excluding hydrogens is 334 g/mol. The molecule has 1 saturated heterocycles. The lowest BCUT2D eigenvalue weighted by Gasteiger charge is -2.21. The first-order valence-corrected chi connectivity index (χ1v) is 10.7. The third-order valence-corrected chi connectivity index (χ3v) is 6.45. The topological polar surface area (TPSA) is 56.2 Å². The molecule has 0 spiro atoms. The third kappa shape index (κ3) is 5.23. The van der Waals surface area contributed by atoms with E-state index in [9.17, 15) is 4.79 Å². The average Bonchev–Trinajstić information content (AvgIpc) is 3.23. The molecule has 1 aromatic heterocycles. The van der Waals surface area contributed by atoms with Gasteiger partial charge < -0.3 is 14.6 Å². The Hall–Kier alpha value is -1.01. The van der Waals surface area contributed by atoms with Crippen molar-refractivity contribution < 1.29 is 9.53 Å². The summed E-state index contributed by atoms with van der Waals surface area (Å²) in [6, 6.07) is 0. The van der Waals surface area contributed by atoms with Crippen molar-refractivity contribution in [2.75, 3.05) is 18.9 Å². The molecule has 1 aromatic rings. The highest BCUT2D eigenvalue weighted by Gasteiger charge is 2.21. The van der Waals surface area contributed by atoms with Gasteiger partial charge in [-0.2, -0.15) is 0 Å². The number of thioether (sulfide) groups is 1. The van der Waals surface area contributed by atoms with Gasteiger partial charge in [-0.1, -0.05) is 31.0 Å². The number of imidazole rings is 1. The molecular formula is C19H31N3O2S. The first-order chi connectivity index (χ1) is 12.1. The molecule has 0 radical (unpaired) electrons. The predicted octanol–water partition coefficient (Wildman–Crippen LogP) is 3.47. The normalized spacial score (nSPS) is 21.6. The Morgan fingerprint density at radius 2 is 2.04 bits per heavy atom. The van der Waals surface area contributed by atoms with E-state index in [1.807, 2.05) is 6.92 Å². The van der Waals surface area contributed by atoms with Crippen LogP contribution in [0.5, 0.6) is 0 Å². The van der Waals surface area contributed by atoms with Gasteiger partial charge in [0, 0.05) is 18.8 Å². The number of nitrogens with one attached hydrogen (secondary N) is 1. The number of carbonyl (C=O) groups excluding carboxylic acids is 1. The number of ether oxygens (including phenoxy) is 1. The minimum Gasteiger partial charge on any atom is -0.376 e. The lowest BCUT2D eigenvalue weighted by molar-refractivity contribution is -0.118. The molecule has 2 heterocycles. The largest absolute Gasteiger partial charge is 0.376 e. The van der Waals surface area contributed by atoms with Crippen LogP contribution in [0.1, 0.15) is 56.3 Å². The molecule has 2 fully saturated rings. The van der Waals surface area contributed by atoms with Crippen LogP contribution < -0.4 is 5.32 Å². The van der Waals surface area contributed by atoms with Crippen molar-refractivity contribution in [2.24, 2.45) is 5.92 Å². The van der Waals surface area contributed by atoms with Crippen LogP contribution in [0.3, 0.4) is 0 Å². The molecule has 1 saturated carbocycles. The van der Waals surface area contributed by atoms with Crippen LogP contribution in [-0.4, -0.2) is 40.5 Å². The van der Waals surface area contributed by atoms with Crippen LogP contribution >= 0.6 is 11.8 Å². The highest BCUT2D eigenvalue weighted by molar-refractivity contribution is 7.99. The molecule has 0 aromatic carbocycles. The van der Waals surface area contributed by atoms with E-state index < -0.39 is 0 Å². The number of hydrogen-bond acceptors (Lipinski definition) is 4. The van der Waals surface area contributed by atoms with Gasteiger partial charge in [0.2, 0.25) is 5.91 Å². The van der Waals surface area contributed by atoms with E-state index in [1.54, 1.807) is 11.8 Å². The van der Waals surface area contributed by atoms with Crippen molar-refractivity contribution in [3.05, 3.63) is 11.4 Å². The van der Waals surface area contributed by atoms with Crippen molar-refractivity contribution in [3.8, 4) is 0 Å². The fourth-order valence-electron chi connectivity index (χ4n) is 3.77. The molecule has 0 unspecified atom stereocenters. The van der Waals surface area contributed by atoms with Gasteiger partial charge in [0.25, 0.3) is 0 Å². The van der Waals surface area contributed by atoms with E-state index in [0.717, 1.165) is 43.4 Å². The number of aryl methyl sites for hydroxylation is 1. The summed E-state index contributed by atoms with van der Waals surface area (Å²) in [4.78, 5) is 16.9. The molecule has 1 atom stereocenters. The molecule has 140 valence electrons. The number of carbonyl (C=O) groups is 1. The Bertz CT molecular complexity index is 575. The highest BCUT2D eigenvalue weighted by atomic mass is 32.2. The van der Waals surface area contributed by atoms with Crippen LogP contribution in [0.2, 0.25) is 0 Å². The summed E-state index contributed by atoms with van der Waals surface area (Å²) in [5.74, 6) is 1.24. The second-order valence-corrected chi connectivity index (χ2v) is 8.35. The summed E-state index contributed by atoms with van der Waals surface area (Å²) in [7, 11) is 0. The molecule has 1 aliphatic heterocycles. The molecule has 1 aliphatic carbocycles. The van der Waals surface area contributed by atoms with Gasteiger partial charge in [-0.25, -0.2) is 4.98 Å². The number of aromatic nitrogens is 2. The van der Waals surface area contributed by atoms with E-state index in [0.29, 0.717) is 11.7 Å². The van der Waals surface area contributed by atoms with Crippen molar-refractivity contribution in [2.45, 2.75) is 76.6 Å². The molecule has 1 amide bonds. The molecule has 5 nitrogen and oxygen atoms in total. The van der Waals surface area contributed by atoms with Gasteiger partial charge in [0.05, 0.1) is 24.1 Å². The lowest BCUT2D eigenvalue weighted by atomic mass is 9.89. The smallest absolute Gasteiger partial charge is 0.230 e. The standard InChI is InChI=1S/C19H31N3O2S/c1-14-15(2)22(12-17-9-6-10-24-17)19(21-14)25-13-18(23)20-11-16-7-4-3-5-8-16/h16-17H,3-13H2,1-2H3,(H,20,23)/t17-/m1/s1. The fourth-order valence-corrected chi connectivity index (χ4v) is 4.70. The molecule has 2 aliphatic rings. The van der Waals surface area contributed by atoms with E-state index in [2.05, 4.69) is 21.8 Å². The van der Waals surface area contributed by atoms with Crippen molar-refractivity contribution >= 4 is 17.7 Å². The number of rotatable bonds is 7. The fraction of sp³-hybridized carbons (Fsp3) is 0.789. The summed E-state index contributed by atoms with van der Waals surface area (Å²) in [5, 5.41) is 4.06. The first kappa shape index (κ1) is 18.8. The third-order valence-electron chi connectivity index (χ3n) is 5.48. The van der Waals surface area contributed by atoms with E-state index in [4.69, 9.17) is 4.74 Å². The summed E-state index contributed by atoms with van der Waals surface area (Å²) in [6.45, 7) is 6.68. The summed E-state index contributed by atoms with van der Waals surface area (Å²) < 4.78 is 8.00. The minimum absolute atomic E-state index is 0.123. The van der Waals surface area contributed by atoms with Gasteiger partial charge in [-0.15, -0.1) is 0 Å². The van der Waals surface area contributed by atoms with Crippen LogP contribution in [0, 0.1) is 19.8 Å². The van der Waals surface area contributed by atoms with Crippen LogP contribution in [0.15, 0.2) is 5.16 Å². The maximum Gasteiger partial charge on any atom is 0.230 e. The monoisotopic (exact) mass is 365 g/mol. The zero-order chi connectivity index (χ0) is 17.6. The van der Waals surface area contributed by atoms with Crippen molar-refractivity contribution in [1.82, 2.24) is 14.9 Å². The number of nitrogens with zero attached hydrogens (tertiary/aromatic N) is 2. The maximum atomic E-state index is 12.2. The molecule has 3 rings (SSSR count). The Morgan fingerprint density at radius 3 is 2.76 bits per heavy atom. The average molecular weight is 366 g/mol. The first-order valence-electron chi connectivity index (χ1n) is 9.68. The Kier molecular flexibility index (Phi) is 6.82. The minimum atomic E-state index is 0.123. The Morgan fingerprint density at radius 1 is 1.24 bits per heavy atom. The SMILES string of the molecule is Cc1nc(SCC(=O)NCC2CCCCC2)n(C[C@H]2CCCO2)c1C. The molecule has 6 heteroatoms. The van der Waals surface area contributed by atoms with Gasteiger partial charge >= 0.3 is 0 Å².